The lowest BCUT2D eigenvalue weighted by molar-refractivity contribution is -0.186. The van der Waals surface area contributed by atoms with Crippen molar-refractivity contribution in [2.24, 2.45) is 0 Å². The van der Waals surface area contributed by atoms with Crippen molar-refractivity contribution in [3.8, 4) is 0 Å². The molecule has 0 amide bonds. The van der Waals surface area contributed by atoms with Crippen LogP contribution >= 0.6 is 0 Å². The van der Waals surface area contributed by atoms with Crippen molar-refractivity contribution in [3.05, 3.63) is 48.2 Å². The van der Waals surface area contributed by atoms with Gasteiger partial charge in [-0.1, -0.05) is 30.3 Å². The van der Waals surface area contributed by atoms with Gasteiger partial charge < -0.3 is 4.89 Å². The molecule has 0 aliphatic heterocycles. The van der Waals surface area contributed by atoms with E-state index in [9.17, 15) is 0 Å². The fourth-order valence-corrected chi connectivity index (χ4v) is 1.18. The van der Waals surface area contributed by atoms with Crippen molar-refractivity contribution < 1.29 is 10.1 Å². The summed E-state index contributed by atoms with van der Waals surface area (Å²) in [5.41, 5.74) is 1.35. The van der Waals surface area contributed by atoms with Gasteiger partial charge in [0.05, 0.1) is 0 Å². The number of rotatable bonds is 5. The summed E-state index contributed by atoms with van der Waals surface area (Å²) in [7, 11) is 0. The predicted molar refractivity (Wildman–Crippen MR) is 52.2 cm³/mol. The van der Waals surface area contributed by atoms with Crippen LogP contribution < -0.4 is 0 Å². The maximum absolute atomic E-state index is 8.00. The molecule has 0 heterocycles. The van der Waals surface area contributed by atoms with Gasteiger partial charge in [-0.15, -0.1) is 0 Å². The van der Waals surface area contributed by atoms with E-state index in [1.54, 1.807) is 0 Å². The second kappa shape index (κ2) is 6.26. The Morgan fingerprint density at radius 3 is 2.69 bits per heavy atom. The molecule has 0 bridgehead atoms. The van der Waals surface area contributed by atoms with Gasteiger partial charge in [-0.3, -0.25) is 0 Å². The van der Waals surface area contributed by atoms with Crippen LogP contribution in [0, 0.1) is 0 Å². The Balaban J connectivity index is 2.17. The average molecular weight is 178 g/mol. The van der Waals surface area contributed by atoms with E-state index in [-0.39, 0.29) is 0 Å². The smallest absolute Gasteiger partial charge is 0.125 e. The zero-order valence-electron chi connectivity index (χ0n) is 7.52. The molecule has 0 radical (unpaired) electrons. The minimum absolute atomic E-state index is 0.926. The van der Waals surface area contributed by atoms with Crippen molar-refractivity contribution >= 4 is 0 Å². The van der Waals surface area contributed by atoms with Gasteiger partial charge in [0, 0.05) is 0 Å². The largest absolute Gasteiger partial charge is 0.349 e. The highest BCUT2D eigenvalue weighted by molar-refractivity contribution is 5.14. The summed E-state index contributed by atoms with van der Waals surface area (Å²) < 4.78 is 0. The molecule has 2 heteroatoms. The minimum atomic E-state index is 0.926. The fourth-order valence-electron chi connectivity index (χ4n) is 1.18. The molecule has 0 fully saturated rings. The summed E-state index contributed by atoms with van der Waals surface area (Å²) >= 11 is 0. The molecule has 0 atom stereocenters. The molecule has 0 aliphatic rings. The third-order valence-corrected chi connectivity index (χ3v) is 1.84. The zero-order valence-corrected chi connectivity index (χ0v) is 7.52. The second-order valence-electron chi connectivity index (χ2n) is 2.86. The molecule has 1 rings (SSSR count). The van der Waals surface area contributed by atoms with E-state index in [1.165, 1.54) is 11.8 Å². The minimum Gasteiger partial charge on any atom is -0.349 e. The molecule has 0 aromatic heterocycles. The first-order valence-electron chi connectivity index (χ1n) is 4.42. The normalized spacial score (nSPS) is 10.5. The van der Waals surface area contributed by atoms with Gasteiger partial charge in [0.1, 0.15) is 6.26 Å². The quantitative estimate of drug-likeness (QED) is 0.325. The van der Waals surface area contributed by atoms with Crippen LogP contribution in [-0.4, -0.2) is 5.26 Å². The van der Waals surface area contributed by atoms with E-state index in [1.807, 2.05) is 24.3 Å². The van der Waals surface area contributed by atoms with Crippen LogP contribution in [0.2, 0.25) is 0 Å². The van der Waals surface area contributed by atoms with E-state index in [0.717, 1.165) is 19.3 Å². The number of aryl methyl sites for hydroxylation is 1. The molecule has 0 unspecified atom stereocenters. The third kappa shape index (κ3) is 4.33. The van der Waals surface area contributed by atoms with Gasteiger partial charge in [0.2, 0.25) is 0 Å². The number of hydrogen-bond donors (Lipinski definition) is 1. The molecule has 0 saturated heterocycles. The monoisotopic (exact) mass is 178 g/mol. The van der Waals surface area contributed by atoms with Crippen molar-refractivity contribution in [1.29, 1.82) is 0 Å². The van der Waals surface area contributed by atoms with Crippen molar-refractivity contribution in [2.75, 3.05) is 0 Å². The van der Waals surface area contributed by atoms with Gasteiger partial charge in [-0.2, -0.15) is 0 Å². The molecular formula is C11H14O2. The summed E-state index contributed by atoms with van der Waals surface area (Å²) in [4.78, 5) is 3.81. The van der Waals surface area contributed by atoms with Gasteiger partial charge in [-0.05, 0) is 30.9 Å². The van der Waals surface area contributed by atoms with Gasteiger partial charge >= 0.3 is 0 Å². The van der Waals surface area contributed by atoms with E-state index >= 15 is 0 Å². The number of unbranched alkanes of at least 4 members (excludes halogenated alkanes) is 1. The summed E-state index contributed by atoms with van der Waals surface area (Å²) in [6.45, 7) is 0. The molecule has 0 aliphatic carbocycles. The highest BCUT2D eigenvalue weighted by Crippen LogP contribution is 2.04. The highest BCUT2D eigenvalue weighted by atomic mass is 17.1. The Morgan fingerprint density at radius 2 is 2.00 bits per heavy atom. The SMILES string of the molecule is OOC=CCCCc1ccccc1. The maximum atomic E-state index is 8.00. The van der Waals surface area contributed by atoms with E-state index in [2.05, 4.69) is 17.0 Å². The topological polar surface area (TPSA) is 29.5 Å². The standard InChI is InChI=1S/C11H14O2/c12-13-10-6-2-5-9-11-7-3-1-4-8-11/h1,3-4,6-8,10,12H,2,5,9H2. The van der Waals surface area contributed by atoms with E-state index < -0.39 is 0 Å². The molecule has 1 aromatic rings. The summed E-state index contributed by atoms with van der Waals surface area (Å²) in [6, 6.07) is 10.3. The first kappa shape index (κ1) is 9.81. The zero-order chi connectivity index (χ0) is 9.36. The first-order chi connectivity index (χ1) is 6.43. The van der Waals surface area contributed by atoms with Crippen LogP contribution in [0.15, 0.2) is 42.7 Å². The lowest BCUT2D eigenvalue weighted by atomic mass is 10.1. The van der Waals surface area contributed by atoms with Gasteiger partial charge in [0.25, 0.3) is 0 Å². The van der Waals surface area contributed by atoms with Crippen molar-refractivity contribution in [2.45, 2.75) is 19.3 Å². The van der Waals surface area contributed by atoms with Crippen LogP contribution in [0.3, 0.4) is 0 Å². The lowest BCUT2D eigenvalue weighted by Gasteiger charge is -1.97. The Morgan fingerprint density at radius 1 is 1.23 bits per heavy atom. The summed E-state index contributed by atoms with van der Waals surface area (Å²) in [5, 5.41) is 8.00. The van der Waals surface area contributed by atoms with Crippen LogP contribution in [0.25, 0.3) is 0 Å². The molecule has 70 valence electrons. The second-order valence-corrected chi connectivity index (χ2v) is 2.86. The molecule has 0 saturated carbocycles. The number of hydrogen-bond acceptors (Lipinski definition) is 2. The molecule has 13 heavy (non-hydrogen) atoms. The fraction of sp³-hybridized carbons (Fsp3) is 0.273. The summed E-state index contributed by atoms with van der Waals surface area (Å²) in [5.74, 6) is 0. The Kier molecular flexibility index (Phi) is 4.72. The molecule has 1 aromatic carbocycles. The van der Waals surface area contributed by atoms with E-state index in [4.69, 9.17) is 5.26 Å². The van der Waals surface area contributed by atoms with Crippen molar-refractivity contribution in [3.63, 3.8) is 0 Å². The third-order valence-electron chi connectivity index (χ3n) is 1.84. The molecular weight excluding hydrogens is 164 g/mol. The number of allylic oxidation sites excluding steroid dienone is 1. The van der Waals surface area contributed by atoms with E-state index in [0.29, 0.717) is 0 Å². The van der Waals surface area contributed by atoms with Crippen molar-refractivity contribution in [1.82, 2.24) is 0 Å². The first-order valence-corrected chi connectivity index (χ1v) is 4.42. The lowest BCUT2D eigenvalue weighted by Crippen LogP contribution is -1.82. The van der Waals surface area contributed by atoms with Crippen LogP contribution in [0.1, 0.15) is 18.4 Å². The number of benzene rings is 1. The Hall–Kier alpha value is -1.28. The molecule has 2 nitrogen and oxygen atoms in total. The highest BCUT2D eigenvalue weighted by Gasteiger charge is 1.89. The van der Waals surface area contributed by atoms with Gasteiger partial charge in [-0.25, -0.2) is 5.26 Å². The van der Waals surface area contributed by atoms with Gasteiger partial charge in [0.15, 0.2) is 0 Å². The summed E-state index contributed by atoms with van der Waals surface area (Å²) in [6.07, 6.45) is 6.17. The Labute approximate surface area is 78.4 Å². The van der Waals surface area contributed by atoms with Crippen LogP contribution in [0.5, 0.6) is 0 Å². The van der Waals surface area contributed by atoms with Crippen LogP contribution in [-0.2, 0) is 11.3 Å². The predicted octanol–water partition coefficient (Wildman–Crippen LogP) is 3.01. The maximum Gasteiger partial charge on any atom is 0.125 e. The molecule has 1 N–H and O–H groups in total. The Bertz CT molecular complexity index is 242. The molecule has 0 spiro atoms. The average Bonchev–Trinajstić information content (AvgIpc) is 2.19. The van der Waals surface area contributed by atoms with Crippen LogP contribution in [0.4, 0.5) is 0 Å².